The molecule has 0 heterocycles. The Labute approximate surface area is 149 Å². The van der Waals surface area contributed by atoms with Gasteiger partial charge in [0.05, 0.1) is 0 Å². The highest BCUT2D eigenvalue weighted by Gasteiger charge is 2.30. The van der Waals surface area contributed by atoms with Crippen molar-refractivity contribution in [3.05, 3.63) is 48.0 Å². The molecule has 2 rings (SSSR count). The molecule has 0 saturated heterocycles. The molecule has 1 unspecified atom stereocenters. The number of hydrogen-bond donors (Lipinski definition) is 3. The van der Waals surface area contributed by atoms with Crippen LogP contribution in [0.3, 0.4) is 0 Å². The zero-order valence-electron chi connectivity index (χ0n) is 13.9. The Morgan fingerprint density at radius 1 is 1.08 bits per heavy atom. The SMILES string of the molecule is CC(C)C(NS(=O)(=O)c1cc(F)c(-c2ccc(O)cc2)cc1F)C(=O)O. The predicted molar refractivity (Wildman–Crippen MR) is 90.0 cm³/mol. The van der Waals surface area contributed by atoms with Crippen molar-refractivity contribution in [2.45, 2.75) is 24.8 Å². The minimum Gasteiger partial charge on any atom is -0.508 e. The summed E-state index contributed by atoms with van der Waals surface area (Å²) in [5.74, 6) is -4.33. The van der Waals surface area contributed by atoms with Gasteiger partial charge in [-0.25, -0.2) is 17.2 Å². The van der Waals surface area contributed by atoms with Gasteiger partial charge in [-0.3, -0.25) is 4.79 Å². The monoisotopic (exact) mass is 385 g/mol. The van der Waals surface area contributed by atoms with E-state index in [1.807, 2.05) is 4.72 Å². The molecule has 9 heteroatoms. The number of carboxylic acid groups (broad SMARTS) is 1. The number of sulfonamides is 1. The lowest BCUT2D eigenvalue weighted by molar-refractivity contribution is -0.140. The van der Waals surface area contributed by atoms with E-state index < -0.39 is 44.5 Å². The van der Waals surface area contributed by atoms with Gasteiger partial charge in [-0.1, -0.05) is 26.0 Å². The molecule has 0 aromatic heterocycles. The summed E-state index contributed by atoms with van der Waals surface area (Å²) < 4.78 is 55.2. The number of carboxylic acids is 1. The Morgan fingerprint density at radius 3 is 2.15 bits per heavy atom. The number of phenols is 1. The molecule has 0 aliphatic carbocycles. The van der Waals surface area contributed by atoms with Gasteiger partial charge in [0.1, 0.15) is 28.3 Å². The van der Waals surface area contributed by atoms with Crippen molar-refractivity contribution < 1.29 is 32.2 Å². The fourth-order valence-electron chi connectivity index (χ4n) is 2.30. The van der Waals surface area contributed by atoms with Gasteiger partial charge >= 0.3 is 5.97 Å². The molecule has 0 bridgehead atoms. The van der Waals surface area contributed by atoms with Crippen LogP contribution in [0.4, 0.5) is 8.78 Å². The average molecular weight is 385 g/mol. The van der Waals surface area contributed by atoms with Gasteiger partial charge in [-0.15, -0.1) is 0 Å². The maximum atomic E-state index is 14.4. The number of phenolic OH excluding ortho intramolecular Hbond substituents is 1. The summed E-state index contributed by atoms with van der Waals surface area (Å²) in [4.78, 5) is 10.2. The van der Waals surface area contributed by atoms with Crippen LogP contribution in [-0.2, 0) is 14.8 Å². The zero-order valence-corrected chi connectivity index (χ0v) is 14.7. The lowest BCUT2D eigenvalue weighted by Gasteiger charge is -2.18. The fourth-order valence-corrected chi connectivity index (χ4v) is 3.71. The molecule has 26 heavy (non-hydrogen) atoms. The fraction of sp³-hybridized carbons (Fsp3) is 0.235. The Morgan fingerprint density at radius 2 is 1.65 bits per heavy atom. The van der Waals surface area contributed by atoms with Crippen LogP contribution in [0, 0.1) is 17.6 Å². The molecular formula is C17H17F2NO5S. The maximum Gasteiger partial charge on any atom is 0.322 e. The van der Waals surface area contributed by atoms with Crippen LogP contribution in [0.25, 0.3) is 11.1 Å². The molecule has 0 fully saturated rings. The number of hydrogen-bond acceptors (Lipinski definition) is 4. The molecule has 0 aliphatic rings. The van der Waals surface area contributed by atoms with Crippen molar-refractivity contribution in [2.75, 3.05) is 0 Å². The van der Waals surface area contributed by atoms with Crippen LogP contribution < -0.4 is 4.72 Å². The summed E-state index contributed by atoms with van der Waals surface area (Å²) in [6.45, 7) is 2.96. The highest BCUT2D eigenvalue weighted by atomic mass is 32.2. The number of rotatable bonds is 6. The minimum atomic E-state index is -4.59. The maximum absolute atomic E-state index is 14.4. The molecule has 2 aromatic carbocycles. The van der Waals surface area contributed by atoms with Gasteiger partial charge < -0.3 is 10.2 Å². The van der Waals surface area contributed by atoms with Crippen LogP contribution in [-0.4, -0.2) is 30.6 Å². The van der Waals surface area contributed by atoms with Crippen molar-refractivity contribution in [3.63, 3.8) is 0 Å². The Hall–Kier alpha value is -2.52. The van der Waals surface area contributed by atoms with Gasteiger partial charge in [0.2, 0.25) is 10.0 Å². The van der Waals surface area contributed by atoms with Crippen molar-refractivity contribution in [1.82, 2.24) is 4.72 Å². The first kappa shape index (κ1) is 19.8. The summed E-state index contributed by atoms with van der Waals surface area (Å²) in [6.07, 6.45) is 0. The number of aromatic hydroxyl groups is 1. The summed E-state index contributed by atoms with van der Waals surface area (Å²) in [7, 11) is -4.59. The second-order valence-corrected chi connectivity index (χ2v) is 7.67. The molecular weight excluding hydrogens is 368 g/mol. The Kier molecular flexibility index (Phi) is 5.62. The largest absolute Gasteiger partial charge is 0.508 e. The number of nitrogens with one attached hydrogen (secondary N) is 1. The first-order valence-corrected chi connectivity index (χ1v) is 9.05. The van der Waals surface area contributed by atoms with E-state index in [0.717, 1.165) is 0 Å². The smallest absolute Gasteiger partial charge is 0.322 e. The van der Waals surface area contributed by atoms with E-state index in [4.69, 9.17) is 5.11 Å². The predicted octanol–water partition coefficient (Wildman–Crippen LogP) is 2.72. The normalized spacial score (nSPS) is 13.0. The molecule has 0 spiro atoms. The summed E-state index contributed by atoms with van der Waals surface area (Å²) in [6, 6.07) is 4.97. The molecule has 2 aromatic rings. The van der Waals surface area contributed by atoms with Crippen molar-refractivity contribution in [1.29, 1.82) is 0 Å². The number of benzene rings is 2. The van der Waals surface area contributed by atoms with E-state index in [-0.39, 0.29) is 16.9 Å². The molecule has 140 valence electrons. The standard InChI is InChI=1S/C17H17F2NO5S/c1-9(2)16(17(22)23)20-26(24,25)15-8-13(18)12(7-14(15)19)10-3-5-11(21)6-4-10/h3-9,16,20-21H,1-2H3,(H,22,23). The van der Waals surface area contributed by atoms with Crippen LogP contribution in [0.15, 0.2) is 41.3 Å². The molecule has 3 N–H and O–H groups in total. The van der Waals surface area contributed by atoms with Crippen molar-refractivity contribution in [3.8, 4) is 16.9 Å². The molecule has 0 aliphatic heterocycles. The van der Waals surface area contributed by atoms with E-state index in [9.17, 15) is 27.1 Å². The lowest BCUT2D eigenvalue weighted by Crippen LogP contribution is -2.44. The average Bonchev–Trinajstić information content (AvgIpc) is 2.54. The molecule has 0 saturated carbocycles. The summed E-state index contributed by atoms with van der Waals surface area (Å²) in [5.41, 5.74) is 0.0433. The number of halogens is 2. The first-order chi connectivity index (χ1) is 12.0. The minimum absolute atomic E-state index is 0.0635. The zero-order chi connectivity index (χ0) is 19.6. The quantitative estimate of drug-likeness (QED) is 0.709. The van der Waals surface area contributed by atoms with Gasteiger partial charge in [0, 0.05) is 5.56 Å². The van der Waals surface area contributed by atoms with Crippen LogP contribution in [0.2, 0.25) is 0 Å². The van der Waals surface area contributed by atoms with Gasteiger partial charge in [0.25, 0.3) is 0 Å². The highest BCUT2D eigenvalue weighted by molar-refractivity contribution is 7.89. The Bertz CT molecular complexity index is 927. The van der Waals surface area contributed by atoms with E-state index in [1.54, 1.807) is 0 Å². The van der Waals surface area contributed by atoms with Crippen LogP contribution in [0.1, 0.15) is 13.8 Å². The second kappa shape index (κ2) is 7.38. The van der Waals surface area contributed by atoms with E-state index >= 15 is 0 Å². The third kappa shape index (κ3) is 4.17. The molecule has 6 nitrogen and oxygen atoms in total. The molecule has 0 amide bonds. The van der Waals surface area contributed by atoms with E-state index in [0.29, 0.717) is 12.1 Å². The topological polar surface area (TPSA) is 104 Å². The number of aliphatic carboxylic acids is 1. The van der Waals surface area contributed by atoms with Gasteiger partial charge in [0.15, 0.2) is 0 Å². The second-order valence-electron chi connectivity index (χ2n) is 5.99. The van der Waals surface area contributed by atoms with Crippen LogP contribution in [0.5, 0.6) is 5.75 Å². The van der Waals surface area contributed by atoms with Crippen LogP contribution >= 0.6 is 0 Å². The van der Waals surface area contributed by atoms with E-state index in [1.165, 1.54) is 38.1 Å². The van der Waals surface area contributed by atoms with Crippen molar-refractivity contribution >= 4 is 16.0 Å². The third-order valence-electron chi connectivity index (χ3n) is 3.70. The Balaban J connectivity index is 2.46. The summed E-state index contributed by atoms with van der Waals surface area (Å²) in [5, 5.41) is 18.3. The molecule has 1 atom stereocenters. The number of carbonyl (C=O) groups is 1. The lowest BCUT2D eigenvalue weighted by atomic mass is 10.0. The molecule has 0 radical (unpaired) electrons. The van der Waals surface area contributed by atoms with E-state index in [2.05, 4.69) is 0 Å². The first-order valence-electron chi connectivity index (χ1n) is 7.56. The van der Waals surface area contributed by atoms with Gasteiger partial charge in [-0.05, 0) is 35.7 Å². The van der Waals surface area contributed by atoms with Crippen molar-refractivity contribution in [2.24, 2.45) is 5.92 Å². The highest BCUT2D eigenvalue weighted by Crippen LogP contribution is 2.29. The van der Waals surface area contributed by atoms with Gasteiger partial charge in [-0.2, -0.15) is 4.72 Å². The summed E-state index contributed by atoms with van der Waals surface area (Å²) >= 11 is 0. The third-order valence-corrected chi connectivity index (χ3v) is 5.16.